The number of rotatable bonds is 8. The number of nitrogens with zero attached hydrogens (tertiary/aromatic N) is 3. The van der Waals surface area contributed by atoms with Gasteiger partial charge in [-0.3, -0.25) is 14.2 Å². The van der Waals surface area contributed by atoms with Crippen LogP contribution in [0.15, 0.2) is 48.8 Å². The van der Waals surface area contributed by atoms with Crippen molar-refractivity contribution in [3.63, 3.8) is 0 Å². The van der Waals surface area contributed by atoms with Gasteiger partial charge < -0.3 is 20.1 Å². The fourth-order valence-corrected chi connectivity index (χ4v) is 4.36. The average molecular weight is 463 g/mol. The number of carbonyl (C=O) groups is 2. The molecule has 0 spiro atoms. The Morgan fingerprint density at radius 3 is 2.65 bits per heavy atom. The number of hydrogen-bond donors (Lipinski definition) is 2. The van der Waals surface area contributed by atoms with Crippen LogP contribution < -0.4 is 10.1 Å². The van der Waals surface area contributed by atoms with Crippen molar-refractivity contribution in [1.29, 1.82) is 0 Å². The maximum Gasteiger partial charge on any atom is 0.231 e. The van der Waals surface area contributed by atoms with Crippen molar-refractivity contribution in [1.82, 2.24) is 14.5 Å². The van der Waals surface area contributed by atoms with E-state index in [0.717, 1.165) is 49.7 Å². The first-order valence-electron chi connectivity index (χ1n) is 12.0. The quantitative estimate of drug-likeness (QED) is 0.524. The highest BCUT2D eigenvalue weighted by molar-refractivity contribution is 5.93. The fraction of sp³-hybridized carbons (Fsp3) is 0.423. The highest BCUT2D eigenvalue weighted by Gasteiger charge is 2.25. The minimum absolute atomic E-state index is 0.102. The normalized spacial score (nSPS) is 17.1. The summed E-state index contributed by atoms with van der Waals surface area (Å²) in [6.45, 7) is 2.30. The van der Waals surface area contributed by atoms with E-state index in [9.17, 15) is 14.7 Å². The molecule has 3 heterocycles. The molecule has 2 aliphatic rings. The number of aliphatic hydroxyl groups is 1. The van der Waals surface area contributed by atoms with Crippen molar-refractivity contribution < 1.29 is 19.4 Å². The zero-order valence-corrected chi connectivity index (χ0v) is 19.2. The molecule has 1 aliphatic heterocycles. The maximum absolute atomic E-state index is 12.5. The Bertz CT molecular complexity index is 1180. The molecule has 8 heteroatoms. The minimum Gasteiger partial charge on any atom is -0.457 e. The lowest BCUT2D eigenvalue weighted by atomic mass is 10.1. The van der Waals surface area contributed by atoms with Gasteiger partial charge in [0.15, 0.2) is 0 Å². The third-order valence-corrected chi connectivity index (χ3v) is 6.54. The summed E-state index contributed by atoms with van der Waals surface area (Å²) in [7, 11) is 0. The van der Waals surface area contributed by atoms with Crippen LogP contribution in [0.3, 0.4) is 0 Å². The van der Waals surface area contributed by atoms with Crippen molar-refractivity contribution in [3.8, 4) is 11.5 Å². The molecule has 1 amide bonds. The molecule has 0 bridgehead atoms. The van der Waals surface area contributed by atoms with Crippen LogP contribution in [0.2, 0.25) is 0 Å². The first-order chi connectivity index (χ1) is 16.5. The Morgan fingerprint density at radius 2 is 1.85 bits per heavy atom. The van der Waals surface area contributed by atoms with Crippen LogP contribution in [0.1, 0.15) is 43.3 Å². The van der Waals surface area contributed by atoms with Gasteiger partial charge in [0, 0.05) is 56.3 Å². The lowest BCUT2D eigenvalue weighted by molar-refractivity contribution is -0.116. The van der Waals surface area contributed by atoms with Crippen LogP contribution in [0.5, 0.6) is 11.5 Å². The van der Waals surface area contributed by atoms with Gasteiger partial charge >= 0.3 is 0 Å². The Kier molecular flexibility index (Phi) is 6.60. The maximum atomic E-state index is 12.5. The van der Waals surface area contributed by atoms with Crippen LogP contribution in [-0.4, -0.2) is 57.1 Å². The van der Waals surface area contributed by atoms with E-state index in [0.29, 0.717) is 42.6 Å². The van der Waals surface area contributed by atoms with Crippen LogP contribution >= 0.6 is 0 Å². The Labute approximate surface area is 198 Å². The first-order valence-corrected chi connectivity index (χ1v) is 12.0. The molecule has 0 unspecified atom stereocenters. The zero-order valence-electron chi connectivity index (χ0n) is 19.2. The number of nitrogens with one attached hydrogen (secondary N) is 1. The molecule has 0 atom stereocenters. The number of likely N-dealkylation sites (tertiary alicyclic amines) is 1. The number of benzene rings is 1. The SMILES string of the molecule is O=C(CCN1CCC(O)CC1)Nc1cc(Oc2ccc3c(ccn3C(=O)CC3CC3)c2)ccn1. The lowest BCUT2D eigenvalue weighted by Gasteiger charge is -2.29. The number of ether oxygens (including phenoxy) is 1. The molecule has 2 aromatic heterocycles. The van der Waals surface area contributed by atoms with Gasteiger partial charge in [0.1, 0.15) is 17.3 Å². The summed E-state index contributed by atoms with van der Waals surface area (Å²) in [6.07, 6.45) is 8.01. The summed E-state index contributed by atoms with van der Waals surface area (Å²) in [5, 5.41) is 13.4. The number of pyridine rings is 1. The summed E-state index contributed by atoms with van der Waals surface area (Å²) in [5.41, 5.74) is 0.879. The molecule has 3 aromatic rings. The van der Waals surface area contributed by atoms with Crippen molar-refractivity contribution in [3.05, 3.63) is 48.8 Å². The number of hydrogen-bond acceptors (Lipinski definition) is 6. The molecule has 34 heavy (non-hydrogen) atoms. The Balaban J connectivity index is 1.18. The van der Waals surface area contributed by atoms with Gasteiger partial charge in [-0.25, -0.2) is 4.98 Å². The van der Waals surface area contributed by atoms with Gasteiger partial charge in [0.05, 0.1) is 11.6 Å². The highest BCUT2D eigenvalue weighted by Crippen LogP contribution is 2.34. The van der Waals surface area contributed by atoms with Crippen LogP contribution in [0.25, 0.3) is 10.9 Å². The van der Waals surface area contributed by atoms with Crippen LogP contribution in [0.4, 0.5) is 5.82 Å². The second-order valence-electron chi connectivity index (χ2n) is 9.30. The molecule has 2 fully saturated rings. The van der Waals surface area contributed by atoms with Gasteiger partial charge in [-0.05, 0) is 61.9 Å². The monoisotopic (exact) mass is 462 g/mol. The molecule has 5 rings (SSSR count). The minimum atomic E-state index is -0.215. The number of amides is 1. The van der Waals surface area contributed by atoms with E-state index in [1.54, 1.807) is 22.9 Å². The highest BCUT2D eigenvalue weighted by atomic mass is 16.5. The molecule has 2 N–H and O–H groups in total. The van der Waals surface area contributed by atoms with Gasteiger partial charge in [-0.1, -0.05) is 0 Å². The summed E-state index contributed by atoms with van der Waals surface area (Å²) < 4.78 is 7.73. The third kappa shape index (κ3) is 5.63. The molecular formula is C26H30N4O4. The molecule has 1 aromatic carbocycles. The van der Waals surface area contributed by atoms with E-state index >= 15 is 0 Å². The van der Waals surface area contributed by atoms with Gasteiger partial charge in [-0.15, -0.1) is 0 Å². The van der Waals surface area contributed by atoms with Crippen molar-refractivity contribution >= 4 is 28.5 Å². The van der Waals surface area contributed by atoms with E-state index in [2.05, 4.69) is 15.2 Å². The van der Waals surface area contributed by atoms with Crippen LogP contribution in [0, 0.1) is 5.92 Å². The number of aliphatic hydroxyl groups excluding tert-OH is 1. The molecular weight excluding hydrogens is 432 g/mol. The van der Waals surface area contributed by atoms with Crippen molar-refractivity contribution in [2.24, 2.45) is 5.92 Å². The molecule has 1 saturated carbocycles. The predicted octanol–water partition coefficient (Wildman–Crippen LogP) is 4.05. The number of piperidine rings is 1. The zero-order chi connectivity index (χ0) is 23.5. The number of fused-ring (bicyclic) bond motifs is 1. The second-order valence-corrected chi connectivity index (χ2v) is 9.30. The number of aromatic nitrogens is 2. The van der Waals surface area contributed by atoms with Gasteiger partial charge in [0.25, 0.3) is 0 Å². The standard InChI is InChI=1S/C26H30N4O4/c31-20-7-11-29(12-8-20)13-9-25(32)28-24-17-22(5-10-27-24)34-21-3-4-23-19(16-21)6-14-30(23)26(33)15-18-1-2-18/h3-6,10,14,16-18,20,31H,1-2,7-9,11-13,15H2,(H,27,28,32). The van der Waals surface area contributed by atoms with E-state index in [4.69, 9.17) is 4.74 Å². The van der Waals surface area contributed by atoms with E-state index in [-0.39, 0.29) is 17.9 Å². The van der Waals surface area contributed by atoms with Gasteiger partial charge in [0.2, 0.25) is 11.8 Å². The summed E-state index contributed by atoms with van der Waals surface area (Å²) in [5.74, 6) is 2.24. The van der Waals surface area contributed by atoms with Crippen LogP contribution in [-0.2, 0) is 4.79 Å². The molecule has 178 valence electrons. The van der Waals surface area contributed by atoms with Crippen molar-refractivity contribution in [2.75, 3.05) is 25.0 Å². The fourth-order valence-electron chi connectivity index (χ4n) is 4.36. The lowest BCUT2D eigenvalue weighted by Crippen LogP contribution is -2.37. The third-order valence-electron chi connectivity index (χ3n) is 6.54. The summed E-state index contributed by atoms with van der Waals surface area (Å²) >= 11 is 0. The predicted molar refractivity (Wildman–Crippen MR) is 129 cm³/mol. The number of anilines is 1. The second kappa shape index (κ2) is 9.95. The molecule has 8 nitrogen and oxygen atoms in total. The smallest absolute Gasteiger partial charge is 0.231 e. The summed E-state index contributed by atoms with van der Waals surface area (Å²) in [4.78, 5) is 31.3. The number of carbonyl (C=O) groups excluding carboxylic acids is 2. The Hall–Kier alpha value is -3.23. The molecule has 1 aliphatic carbocycles. The first kappa shape index (κ1) is 22.6. The largest absolute Gasteiger partial charge is 0.457 e. The molecule has 0 radical (unpaired) electrons. The van der Waals surface area contributed by atoms with Gasteiger partial charge in [-0.2, -0.15) is 0 Å². The van der Waals surface area contributed by atoms with E-state index in [1.165, 1.54) is 0 Å². The average Bonchev–Trinajstić information content (AvgIpc) is 3.54. The topological polar surface area (TPSA) is 96.7 Å². The van der Waals surface area contributed by atoms with E-state index < -0.39 is 0 Å². The summed E-state index contributed by atoms with van der Waals surface area (Å²) in [6, 6.07) is 11.0. The van der Waals surface area contributed by atoms with Crippen molar-refractivity contribution in [2.45, 2.75) is 44.6 Å². The molecule has 1 saturated heterocycles. The Morgan fingerprint density at radius 1 is 1.06 bits per heavy atom. The van der Waals surface area contributed by atoms with E-state index in [1.807, 2.05) is 30.5 Å².